The van der Waals surface area contributed by atoms with E-state index >= 15 is 0 Å². The topological polar surface area (TPSA) is 58.1 Å². The summed E-state index contributed by atoms with van der Waals surface area (Å²) in [4.78, 5) is 23.2. The van der Waals surface area contributed by atoms with Crippen LogP contribution >= 0.6 is 0 Å². The Hall–Kier alpha value is -1.65. The Morgan fingerprint density at radius 3 is 2.55 bits per heavy atom. The SMILES string of the molecule is CCCN(CCC)C(=O)c1ccnc(NC2CCCCC2)n1. The first-order valence-corrected chi connectivity index (χ1v) is 8.63. The first kappa shape index (κ1) is 16.7. The van der Waals surface area contributed by atoms with Crippen LogP contribution < -0.4 is 5.32 Å². The summed E-state index contributed by atoms with van der Waals surface area (Å²) in [6, 6.07) is 2.16. The maximum atomic E-state index is 12.6. The van der Waals surface area contributed by atoms with E-state index in [2.05, 4.69) is 29.1 Å². The van der Waals surface area contributed by atoms with E-state index in [4.69, 9.17) is 0 Å². The quantitative estimate of drug-likeness (QED) is 0.838. The number of hydrogen-bond acceptors (Lipinski definition) is 4. The zero-order valence-electron chi connectivity index (χ0n) is 13.8. The van der Waals surface area contributed by atoms with Gasteiger partial charge in [0.1, 0.15) is 5.69 Å². The van der Waals surface area contributed by atoms with Gasteiger partial charge in [-0.3, -0.25) is 4.79 Å². The normalized spacial score (nSPS) is 15.5. The van der Waals surface area contributed by atoms with Crippen molar-refractivity contribution >= 4 is 11.9 Å². The van der Waals surface area contributed by atoms with Crippen molar-refractivity contribution in [1.29, 1.82) is 0 Å². The summed E-state index contributed by atoms with van der Waals surface area (Å²) in [5.74, 6) is 0.600. The zero-order valence-corrected chi connectivity index (χ0v) is 13.8. The van der Waals surface area contributed by atoms with Crippen LogP contribution in [0.1, 0.15) is 69.3 Å². The number of nitrogens with zero attached hydrogens (tertiary/aromatic N) is 3. The zero-order chi connectivity index (χ0) is 15.8. The third kappa shape index (κ3) is 4.68. The van der Waals surface area contributed by atoms with E-state index in [1.54, 1.807) is 12.3 Å². The predicted octanol–water partition coefficient (Wildman–Crippen LogP) is 3.48. The van der Waals surface area contributed by atoms with E-state index < -0.39 is 0 Å². The fourth-order valence-electron chi connectivity index (χ4n) is 2.99. The number of carbonyl (C=O) groups excluding carboxylic acids is 1. The van der Waals surface area contributed by atoms with E-state index in [0.717, 1.165) is 25.9 Å². The molecule has 2 rings (SSSR count). The number of aromatic nitrogens is 2. The Balaban J connectivity index is 2.04. The van der Waals surface area contributed by atoms with Gasteiger partial charge in [-0.1, -0.05) is 33.1 Å². The maximum Gasteiger partial charge on any atom is 0.272 e. The standard InChI is InChI=1S/C17H28N4O/c1-3-12-21(13-4-2)16(22)15-10-11-18-17(20-15)19-14-8-6-5-7-9-14/h10-11,14H,3-9,12-13H2,1-2H3,(H,18,19,20). The molecule has 0 aliphatic heterocycles. The maximum absolute atomic E-state index is 12.6. The van der Waals surface area contributed by atoms with Gasteiger partial charge in [-0.05, 0) is 31.7 Å². The molecule has 0 aromatic carbocycles. The molecule has 5 nitrogen and oxygen atoms in total. The van der Waals surface area contributed by atoms with Crippen molar-refractivity contribution in [2.24, 2.45) is 0 Å². The molecule has 1 N–H and O–H groups in total. The van der Waals surface area contributed by atoms with E-state index in [0.29, 0.717) is 17.7 Å². The lowest BCUT2D eigenvalue weighted by molar-refractivity contribution is 0.0749. The molecule has 1 aliphatic rings. The van der Waals surface area contributed by atoms with Crippen molar-refractivity contribution in [3.8, 4) is 0 Å². The molecule has 0 radical (unpaired) electrons. The van der Waals surface area contributed by atoms with E-state index in [1.807, 2.05) is 4.90 Å². The van der Waals surface area contributed by atoms with Crippen LogP contribution in [-0.2, 0) is 0 Å². The lowest BCUT2D eigenvalue weighted by atomic mass is 9.96. The van der Waals surface area contributed by atoms with Gasteiger partial charge in [0.25, 0.3) is 5.91 Å². The minimum absolute atomic E-state index is 0.0118. The molecule has 0 atom stereocenters. The lowest BCUT2D eigenvalue weighted by Gasteiger charge is -2.23. The fourth-order valence-corrected chi connectivity index (χ4v) is 2.99. The predicted molar refractivity (Wildman–Crippen MR) is 89.0 cm³/mol. The average molecular weight is 304 g/mol. The fraction of sp³-hybridized carbons (Fsp3) is 0.706. The Kier molecular flexibility index (Phi) is 6.62. The van der Waals surface area contributed by atoms with Gasteiger partial charge in [0.2, 0.25) is 5.95 Å². The number of hydrogen-bond donors (Lipinski definition) is 1. The van der Waals surface area contributed by atoms with E-state index in [9.17, 15) is 4.79 Å². The first-order valence-electron chi connectivity index (χ1n) is 8.63. The van der Waals surface area contributed by atoms with Gasteiger partial charge in [-0.15, -0.1) is 0 Å². The first-order chi connectivity index (χ1) is 10.7. The lowest BCUT2D eigenvalue weighted by Crippen LogP contribution is -2.33. The van der Waals surface area contributed by atoms with Crippen molar-refractivity contribution in [2.45, 2.75) is 64.8 Å². The number of anilines is 1. The third-order valence-electron chi connectivity index (χ3n) is 4.09. The smallest absolute Gasteiger partial charge is 0.272 e. The molecule has 1 aliphatic carbocycles. The minimum Gasteiger partial charge on any atom is -0.351 e. The highest BCUT2D eigenvalue weighted by molar-refractivity contribution is 5.92. The Labute approximate surface area is 133 Å². The van der Waals surface area contributed by atoms with Crippen LogP contribution in [0.3, 0.4) is 0 Å². The largest absolute Gasteiger partial charge is 0.351 e. The number of carbonyl (C=O) groups is 1. The molecule has 0 unspecified atom stereocenters. The van der Waals surface area contributed by atoms with E-state index in [-0.39, 0.29) is 5.91 Å². The summed E-state index contributed by atoms with van der Waals surface area (Å²) in [5, 5.41) is 3.39. The molecule has 122 valence electrons. The number of nitrogens with one attached hydrogen (secondary N) is 1. The van der Waals surface area contributed by atoms with Gasteiger partial charge in [0.05, 0.1) is 0 Å². The van der Waals surface area contributed by atoms with Crippen LogP contribution in [-0.4, -0.2) is 39.9 Å². The highest BCUT2D eigenvalue weighted by atomic mass is 16.2. The molecule has 22 heavy (non-hydrogen) atoms. The van der Waals surface area contributed by atoms with Gasteiger partial charge in [0.15, 0.2) is 0 Å². The van der Waals surface area contributed by atoms with Crippen LogP contribution in [0.25, 0.3) is 0 Å². The van der Waals surface area contributed by atoms with Crippen LogP contribution in [0.2, 0.25) is 0 Å². The second-order valence-electron chi connectivity index (χ2n) is 6.04. The van der Waals surface area contributed by atoms with Crippen molar-refractivity contribution in [2.75, 3.05) is 18.4 Å². The molecule has 0 spiro atoms. The van der Waals surface area contributed by atoms with Gasteiger partial charge < -0.3 is 10.2 Å². The molecule has 1 aromatic rings. The minimum atomic E-state index is 0.0118. The highest BCUT2D eigenvalue weighted by Crippen LogP contribution is 2.20. The molecule has 1 fully saturated rings. The summed E-state index contributed by atoms with van der Waals surface area (Å²) in [6.45, 7) is 5.74. The van der Waals surface area contributed by atoms with Crippen LogP contribution in [0.15, 0.2) is 12.3 Å². The van der Waals surface area contributed by atoms with Crippen molar-refractivity contribution < 1.29 is 4.79 Å². The molecule has 1 amide bonds. The summed E-state index contributed by atoms with van der Waals surface area (Å²) in [6.07, 6.45) is 9.78. The average Bonchev–Trinajstić information content (AvgIpc) is 2.55. The van der Waals surface area contributed by atoms with Crippen molar-refractivity contribution in [3.63, 3.8) is 0 Å². The van der Waals surface area contributed by atoms with Gasteiger partial charge in [-0.25, -0.2) is 9.97 Å². The monoisotopic (exact) mass is 304 g/mol. The van der Waals surface area contributed by atoms with Gasteiger partial charge in [0, 0.05) is 25.3 Å². The van der Waals surface area contributed by atoms with Crippen LogP contribution in [0, 0.1) is 0 Å². The van der Waals surface area contributed by atoms with Crippen molar-refractivity contribution in [1.82, 2.24) is 14.9 Å². The molecule has 1 heterocycles. The Bertz CT molecular complexity index is 465. The molecule has 5 heteroatoms. The summed E-state index contributed by atoms with van der Waals surface area (Å²) >= 11 is 0. The molecular weight excluding hydrogens is 276 g/mol. The molecule has 0 saturated heterocycles. The summed E-state index contributed by atoms with van der Waals surface area (Å²) in [5.41, 5.74) is 0.496. The van der Waals surface area contributed by atoms with Crippen molar-refractivity contribution in [3.05, 3.63) is 18.0 Å². The molecular formula is C17H28N4O. The van der Waals surface area contributed by atoms with Crippen LogP contribution in [0.4, 0.5) is 5.95 Å². The van der Waals surface area contributed by atoms with Crippen LogP contribution in [0.5, 0.6) is 0 Å². The number of amides is 1. The number of rotatable bonds is 7. The molecule has 0 bridgehead atoms. The van der Waals surface area contributed by atoms with E-state index in [1.165, 1.54) is 32.1 Å². The Morgan fingerprint density at radius 1 is 1.23 bits per heavy atom. The van der Waals surface area contributed by atoms with Gasteiger partial charge in [-0.2, -0.15) is 0 Å². The third-order valence-corrected chi connectivity index (χ3v) is 4.09. The summed E-state index contributed by atoms with van der Waals surface area (Å²) < 4.78 is 0. The molecule has 1 saturated carbocycles. The summed E-state index contributed by atoms with van der Waals surface area (Å²) in [7, 11) is 0. The van der Waals surface area contributed by atoms with Gasteiger partial charge >= 0.3 is 0 Å². The second-order valence-corrected chi connectivity index (χ2v) is 6.04. The highest BCUT2D eigenvalue weighted by Gasteiger charge is 2.18. The Morgan fingerprint density at radius 2 is 1.91 bits per heavy atom. The second kappa shape index (κ2) is 8.71. The molecule has 1 aromatic heterocycles.